The molecule has 3 nitrogen and oxygen atoms in total. The van der Waals surface area contributed by atoms with E-state index in [9.17, 15) is 4.79 Å². The molecule has 1 aromatic carbocycles. The Bertz CT molecular complexity index is 540. The van der Waals surface area contributed by atoms with Gasteiger partial charge in [-0.1, -0.05) is 13.0 Å². The number of carbonyl (C=O) groups excluding carboxylic acids is 1. The van der Waals surface area contributed by atoms with Crippen LogP contribution in [0.5, 0.6) is 0 Å². The van der Waals surface area contributed by atoms with E-state index in [0.717, 1.165) is 22.9 Å². The van der Waals surface area contributed by atoms with Gasteiger partial charge in [0.2, 0.25) is 0 Å². The summed E-state index contributed by atoms with van der Waals surface area (Å²) < 4.78 is 1.99. The standard InChI is InChI=1S/C13H16N2O/c1-4-9-5-6-12-10(7-9)11(8-15(12)3)13(16)14-2/h5-8H,4H2,1-3H3,(H,14,16). The third-order valence-electron chi connectivity index (χ3n) is 2.93. The first-order valence-electron chi connectivity index (χ1n) is 5.47. The van der Waals surface area contributed by atoms with Gasteiger partial charge in [-0.2, -0.15) is 0 Å². The second kappa shape index (κ2) is 4.00. The van der Waals surface area contributed by atoms with Crippen molar-refractivity contribution >= 4 is 16.8 Å². The van der Waals surface area contributed by atoms with Crippen molar-refractivity contribution in [3.63, 3.8) is 0 Å². The number of aromatic nitrogens is 1. The zero-order chi connectivity index (χ0) is 11.7. The molecule has 0 aliphatic rings. The number of hydrogen-bond donors (Lipinski definition) is 1. The lowest BCUT2D eigenvalue weighted by molar-refractivity contribution is 0.0964. The van der Waals surface area contributed by atoms with Gasteiger partial charge in [-0.05, 0) is 24.1 Å². The zero-order valence-electron chi connectivity index (χ0n) is 9.87. The number of benzene rings is 1. The van der Waals surface area contributed by atoms with Gasteiger partial charge in [0.25, 0.3) is 5.91 Å². The number of hydrogen-bond acceptors (Lipinski definition) is 1. The second-order valence-corrected chi connectivity index (χ2v) is 3.94. The predicted octanol–water partition coefficient (Wildman–Crippen LogP) is 2.10. The van der Waals surface area contributed by atoms with Gasteiger partial charge in [0.05, 0.1) is 5.56 Å². The quantitative estimate of drug-likeness (QED) is 0.819. The normalized spacial score (nSPS) is 10.7. The molecular weight excluding hydrogens is 200 g/mol. The second-order valence-electron chi connectivity index (χ2n) is 3.94. The van der Waals surface area contributed by atoms with Crippen LogP contribution in [0.3, 0.4) is 0 Å². The molecule has 3 heteroatoms. The third-order valence-corrected chi connectivity index (χ3v) is 2.93. The van der Waals surface area contributed by atoms with Crippen molar-refractivity contribution < 1.29 is 4.79 Å². The Morgan fingerprint density at radius 2 is 2.19 bits per heavy atom. The molecule has 1 amide bonds. The number of amides is 1. The van der Waals surface area contributed by atoms with E-state index in [1.54, 1.807) is 7.05 Å². The molecule has 0 aliphatic heterocycles. The molecule has 0 saturated heterocycles. The predicted molar refractivity (Wildman–Crippen MR) is 65.7 cm³/mol. The van der Waals surface area contributed by atoms with E-state index in [2.05, 4.69) is 30.4 Å². The van der Waals surface area contributed by atoms with Crippen LogP contribution in [0.15, 0.2) is 24.4 Å². The van der Waals surface area contributed by atoms with Crippen LogP contribution in [0.4, 0.5) is 0 Å². The Morgan fingerprint density at radius 1 is 1.44 bits per heavy atom. The number of rotatable bonds is 2. The van der Waals surface area contributed by atoms with E-state index in [1.807, 2.05) is 17.8 Å². The summed E-state index contributed by atoms with van der Waals surface area (Å²) in [5.41, 5.74) is 3.09. The average molecular weight is 216 g/mol. The Morgan fingerprint density at radius 3 is 2.81 bits per heavy atom. The molecule has 16 heavy (non-hydrogen) atoms. The van der Waals surface area contributed by atoms with Gasteiger partial charge in [-0.15, -0.1) is 0 Å². The molecule has 2 aromatic rings. The molecule has 0 aliphatic carbocycles. The van der Waals surface area contributed by atoms with Gasteiger partial charge in [0.1, 0.15) is 0 Å². The lowest BCUT2D eigenvalue weighted by atomic mass is 10.1. The van der Waals surface area contributed by atoms with E-state index in [0.29, 0.717) is 0 Å². The van der Waals surface area contributed by atoms with Crippen LogP contribution in [0.2, 0.25) is 0 Å². The van der Waals surface area contributed by atoms with Gasteiger partial charge in [0.15, 0.2) is 0 Å². The van der Waals surface area contributed by atoms with Gasteiger partial charge in [-0.3, -0.25) is 4.79 Å². The largest absolute Gasteiger partial charge is 0.355 e. The van der Waals surface area contributed by atoms with E-state index in [1.165, 1.54) is 5.56 Å². The summed E-state index contributed by atoms with van der Waals surface area (Å²) in [5.74, 6) is -0.0288. The summed E-state index contributed by atoms with van der Waals surface area (Å²) in [6, 6.07) is 6.27. The zero-order valence-corrected chi connectivity index (χ0v) is 9.87. The first-order valence-corrected chi connectivity index (χ1v) is 5.47. The van der Waals surface area contributed by atoms with Crippen molar-refractivity contribution in [2.24, 2.45) is 7.05 Å². The molecule has 1 N–H and O–H groups in total. The molecule has 84 valence electrons. The number of carbonyl (C=O) groups is 1. The molecule has 0 saturated carbocycles. The minimum atomic E-state index is -0.0288. The topological polar surface area (TPSA) is 34.0 Å². The lowest BCUT2D eigenvalue weighted by Gasteiger charge is -2.00. The van der Waals surface area contributed by atoms with Crippen LogP contribution in [-0.4, -0.2) is 17.5 Å². The third kappa shape index (κ3) is 1.58. The number of fused-ring (bicyclic) bond motifs is 1. The summed E-state index contributed by atoms with van der Waals surface area (Å²) >= 11 is 0. The molecular formula is C13H16N2O. The number of nitrogens with one attached hydrogen (secondary N) is 1. The van der Waals surface area contributed by atoms with Crippen LogP contribution in [0.25, 0.3) is 10.9 Å². The maximum absolute atomic E-state index is 11.7. The Balaban J connectivity index is 2.70. The maximum atomic E-state index is 11.7. The SMILES string of the molecule is CCc1ccc2c(c1)c(C(=O)NC)cn2C. The fourth-order valence-electron chi connectivity index (χ4n) is 1.97. The van der Waals surface area contributed by atoms with Crippen molar-refractivity contribution in [3.8, 4) is 0 Å². The van der Waals surface area contributed by atoms with E-state index < -0.39 is 0 Å². The first-order chi connectivity index (χ1) is 7.67. The fraction of sp³-hybridized carbons (Fsp3) is 0.308. The van der Waals surface area contributed by atoms with Crippen LogP contribution < -0.4 is 5.32 Å². The van der Waals surface area contributed by atoms with Crippen LogP contribution in [0, 0.1) is 0 Å². The summed E-state index contributed by atoms with van der Waals surface area (Å²) in [6.45, 7) is 2.11. The minimum Gasteiger partial charge on any atom is -0.355 e. The van der Waals surface area contributed by atoms with Crippen molar-refractivity contribution in [1.82, 2.24) is 9.88 Å². The van der Waals surface area contributed by atoms with E-state index >= 15 is 0 Å². The molecule has 2 rings (SSSR count). The van der Waals surface area contributed by atoms with E-state index in [-0.39, 0.29) is 5.91 Å². The first kappa shape index (κ1) is 10.7. The molecule has 0 unspecified atom stereocenters. The van der Waals surface area contributed by atoms with Crippen LogP contribution >= 0.6 is 0 Å². The van der Waals surface area contributed by atoms with Crippen LogP contribution in [-0.2, 0) is 13.5 Å². The van der Waals surface area contributed by atoms with Crippen molar-refractivity contribution in [3.05, 3.63) is 35.5 Å². The summed E-state index contributed by atoms with van der Waals surface area (Å²) in [5, 5.41) is 3.70. The van der Waals surface area contributed by atoms with Gasteiger partial charge >= 0.3 is 0 Å². The number of nitrogens with zero attached hydrogens (tertiary/aromatic N) is 1. The average Bonchev–Trinajstić information content (AvgIpc) is 2.65. The molecule has 0 fully saturated rings. The van der Waals surface area contributed by atoms with Gasteiger partial charge in [0, 0.05) is 31.2 Å². The molecule has 0 radical (unpaired) electrons. The van der Waals surface area contributed by atoms with Crippen LogP contribution in [0.1, 0.15) is 22.8 Å². The molecule has 0 bridgehead atoms. The molecule has 0 spiro atoms. The fourth-order valence-corrected chi connectivity index (χ4v) is 1.97. The Labute approximate surface area is 95.1 Å². The summed E-state index contributed by atoms with van der Waals surface area (Å²) in [7, 11) is 3.62. The minimum absolute atomic E-state index is 0.0288. The Kier molecular flexibility index (Phi) is 2.69. The summed E-state index contributed by atoms with van der Waals surface area (Å²) in [6.07, 6.45) is 2.86. The summed E-state index contributed by atoms with van der Waals surface area (Å²) in [4.78, 5) is 11.7. The highest BCUT2D eigenvalue weighted by Gasteiger charge is 2.12. The molecule has 0 atom stereocenters. The number of aryl methyl sites for hydroxylation is 2. The highest BCUT2D eigenvalue weighted by Crippen LogP contribution is 2.22. The van der Waals surface area contributed by atoms with Crippen molar-refractivity contribution in [1.29, 1.82) is 0 Å². The van der Waals surface area contributed by atoms with Gasteiger partial charge < -0.3 is 9.88 Å². The Hall–Kier alpha value is -1.77. The van der Waals surface area contributed by atoms with Crippen molar-refractivity contribution in [2.45, 2.75) is 13.3 Å². The highest BCUT2D eigenvalue weighted by atomic mass is 16.1. The maximum Gasteiger partial charge on any atom is 0.253 e. The van der Waals surface area contributed by atoms with Crippen molar-refractivity contribution in [2.75, 3.05) is 7.05 Å². The monoisotopic (exact) mass is 216 g/mol. The highest BCUT2D eigenvalue weighted by molar-refractivity contribution is 6.07. The molecule has 1 aromatic heterocycles. The van der Waals surface area contributed by atoms with Gasteiger partial charge in [-0.25, -0.2) is 0 Å². The smallest absolute Gasteiger partial charge is 0.253 e. The molecule has 1 heterocycles. The van der Waals surface area contributed by atoms with E-state index in [4.69, 9.17) is 0 Å². The lowest BCUT2D eigenvalue weighted by Crippen LogP contribution is -2.17.